The Kier molecular flexibility index (Phi) is 2.22. The Balaban J connectivity index is 1.94. The van der Waals surface area contributed by atoms with Crippen LogP contribution in [0.4, 0.5) is 0 Å². The van der Waals surface area contributed by atoms with Crippen molar-refractivity contribution < 1.29 is 0 Å². The van der Waals surface area contributed by atoms with Gasteiger partial charge in [0.25, 0.3) is 0 Å². The van der Waals surface area contributed by atoms with Crippen LogP contribution in [0.1, 0.15) is 11.1 Å². The fraction of sp³-hybridized carbons (Fsp3) is 0.0667. The average Bonchev–Trinajstić information content (AvgIpc) is 2.77. The third-order valence-electron chi connectivity index (χ3n) is 2.79. The molecule has 0 spiro atoms. The zero-order valence-electron chi connectivity index (χ0n) is 8.90. The van der Waals surface area contributed by atoms with Gasteiger partial charge in [0.1, 0.15) is 0 Å². The lowest BCUT2D eigenvalue weighted by Gasteiger charge is -2.01. The third-order valence-corrected chi connectivity index (χ3v) is 2.79. The molecule has 1 aromatic heterocycles. The lowest BCUT2D eigenvalue weighted by atomic mass is 10.0. The van der Waals surface area contributed by atoms with Crippen LogP contribution < -0.4 is 0 Å². The van der Waals surface area contributed by atoms with Crippen LogP contribution in [0.2, 0.25) is 0 Å². The van der Waals surface area contributed by atoms with Gasteiger partial charge in [0, 0.05) is 23.2 Å². The van der Waals surface area contributed by atoms with Crippen molar-refractivity contribution >= 4 is 10.9 Å². The van der Waals surface area contributed by atoms with Gasteiger partial charge in [-0.15, -0.1) is 0 Å². The quantitative estimate of drug-likeness (QED) is 0.660. The number of fused-ring (bicyclic) bond motifs is 1. The number of H-pyrrole nitrogens is 1. The van der Waals surface area contributed by atoms with Crippen molar-refractivity contribution in [1.82, 2.24) is 4.98 Å². The molecule has 16 heavy (non-hydrogen) atoms. The van der Waals surface area contributed by atoms with Crippen molar-refractivity contribution in [3.8, 4) is 0 Å². The second-order valence-corrected chi connectivity index (χ2v) is 3.98. The summed E-state index contributed by atoms with van der Waals surface area (Å²) in [5.74, 6) is 0. The molecule has 2 aromatic carbocycles. The van der Waals surface area contributed by atoms with Gasteiger partial charge in [-0.3, -0.25) is 0 Å². The van der Waals surface area contributed by atoms with Gasteiger partial charge >= 0.3 is 0 Å². The highest BCUT2D eigenvalue weighted by atomic mass is 14.7. The summed E-state index contributed by atoms with van der Waals surface area (Å²) in [6.45, 7) is 0. The molecule has 1 N–H and O–H groups in total. The minimum Gasteiger partial charge on any atom is -0.361 e. The molecule has 0 aliphatic rings. The molecular formula is C15H12N. The molecule has 0 fully saturated rings. The maximum atomic E-state index is 3.19. The second kappa shape index (κ2) is 3.86. The van der Waals surface area contributed by atoms with Crippen molar-refractivity contribution in [3.05, 3.63) is 71.9 Å². The van der Waals surface area contributed by atoms with Gasteiger partial charge < -0.3 is 4.98 Å². The van der Waals surface area contributed by atoms with Crippen LogP contribution in [0.15, 0.2) is 54.7 Å². The fourth-order valence-electron chi connectivity index (χ4n) is 1.97. The molecule has 1 heteroatoms. The Morgan fingerprint density at radius 3 is 2.69 bits per heavy atom. The van der Waals surface area contributed by atoms with Crippen molar-refractivity contribution in [2.75, 3.05) is 0 Å². The normalized spacial score (nSPS) is 10.8. The van der Waals surface area contributed by atoms with Gasteiger partial charge in [-0.25, -0.2) is 0 Å². The highest BCUT2D eigenvalue weighted by molar-refractivity contribution is 5.79. The first kappa shape index (κ1) is 9.22. The SMILES string of the molecule is [c]1c[nH]c2ccc(Cc3ccccc3)cc12. The van der Waals surface area contributed by atoms with Crippen LogP contribution in [0.3, 0.4) is 0 Å². The van der Waals surface area contributed by atoms with Crippen molar-refractivity contribution in [1.29, 1.82) is 0 Å². The van der Waals surface area contributed by atoms with Crippen LogP contribution in [-0.2, 0) is 6.42 Å². The Morgan fingerprint density at radius 1 is 0.938 bits per heavy atom. The molecule has 0 aliphatic carbocycles. The molecule has 77 valence electrons. The molecule has 0 aliphatic heterocycles. The summed E-state index contributed by atoms with van der Waals surface area (Å²) in [6, 6.07) is 20.2. The van der Waals surface area contributed by atoms with Gasteiger partial charge in [0.15, 0.2) is 0 Å². The second-order valence-electron chi connectivity index (χ2n) is 3.98. The summed E-state index contributed by atoms with van der Waals surface area (Å²) in [4.78, 5) is 3.16. The monoisotopic (exact) mass is 206 g/mol. The van der Waals surface area contributed by atoms with E-state index in [0.29, 0.717) is 0 Å². The average molecular weight is 206 g/mol. The molecule has 0 bridgehead atoms. The highest BCUT2D eigenvalue weighted by Gasteiger charge is 1.98. The number of rotatable bonds is 2. The molecule has 1 nitrogen and oxygen atoms in total. The Hall–Kier alpha value is -2.02. The van der Waals surface area contributed by atoms with E-state index in [0.717, 1.165) is 17.3 Å². The molecule has 0 saturated heterocycles. The largest absolute Gasteiger partial charge is 0.361 e. The first-order chi connectivity index (χ1) is 7.92. The van der Waals surface area contributed by atoms with E-state index in [4.69, 9.17) is 0 Å². The fourth-order valence-corrected chi connectivity index (χ4v) is 1.97. The molecule has 0 amide bonds. The Morgan fingerprint density at radius 2 is 1.81 bits per heavy atom. The number of aromatic amines is 1. The third kappa shape index (κ3) is 1.72. The molecule has 1 heterocycles. The molecule has 0 saturated carbocycles. The van der Waals surface area contributed by atoms with E-state index in [1.807, 2.05) is 12.3 Å². The Bertz CT molecular complexity index is 593. The number of hydrogen-bond donors (Lipinski definition) is 1. The Labute approximate surface area is 94.7 Å². The van der Waals surface area contributed by atoms with Gasteiger partial charge in [-0.1, -0.05) is 36.4 Å². The smallest absolute Gasteiger partial charge is 0.0460 e. The van der Waals surface area contributed by atoms with E-state index in [1.165, 1.54) is 11.1 Å². The van der Waals surface area contributed by atoms with E-state index >= 15 is 0 Å². The summed E-state index contributed by atoms with van der Waals surface area (Å²) in [5.41, 5.74) is 3.82. The zero-order chi connectivity index (χ0) is 10.8. The molecular weight excluding hydrogens is 194 g/mol. The van der Waals surface area contributed by atoms with Crippen molar-refractivity contribution in [2.24, 2.45) is 0 Å². The van der Waals surface area contributed by atoms with Crippen molar-refractivity contribution in [3.63, 3.8) is 0 Å². The van der Waals surface area contributed by atoms with Crippen LogP contribution in [0.25, 0.3) is 10.9 Å². The molecule has 0 unspecified atom stereocenters. The number of benzene rings is 2. The number of hydrogen-bond acceptors (Lipinski definition) is 0. The van der Waals surface area contributed by atoms with E-state index in [2.05, 4.69) is 53.5 Å². The van der Waals surface area contributed by atoms with Gasteiger partial charge in [0.2, 0.25) is 0 Å². The summed E-state index contributed by atoms with van der Waals surface area (Å²) in [5, 5.41) is 1.16. The number of aromatic nitrogens is 1. The maximum Gasteiger partial charge on any atom is 0.0460 e. The topological polar surface area (TPSA) is 15.8 Å². The van der Waals surface area contributed by atoms with Gasteiger partial charge in [0.05, 0.1) is 0 Å². The van der Waals surface area contributed by atoms with Crippen LogP contribution >= 0.6 is 0 Å². The summed E-state index contributed by atoms with van der Waals surface area (Å²) < 4.78 is 0. The van der Waals surface area contributed by atoms with E-state index in [-0.39, 0.29) is 0 Å². The van der Waals surface area contributed by atoms with E-state index < -0.39 is 0 Å². The predicted molar refractivity (Wildman–Crippen MR) is 66.4 cm³/mol. The molecule has 3 aromatic rings. The van der Waals surface area contributed by atoms with E-state index in [9.17, 15) is 0 Å². The van der Waals surface area contributed by atoms with Crippen LogP contribution in [0.5, 0.6) is 0 Å². The highest BCUT2D eigenvalue weighted by Crippen LogP contribution is 2.16. The lowest BCUT2D eigenvalue weighted by molar-refractivity contribution is 1.20. The minimum atomic E-state index is 0.982. The van der Waals surface area contributed by atoms with Crippen LogP contribution in [0, 0.1) is 6.07 Å². The standard InChI is InChI=1S/C15H12N/c1-2-4-12(5-3-1)10-13-6-7-15-14(11-13)8-9-16-15/h1-7,9,11,16H,10H2. The van der Waals surface area contributed by atoms with Crippen LogP contribution in [-0.4, -0.2) is 4.98 Å². The van der Waals surface area contributed by atoms with Gasteiger partial charge in [-0.05, 0) is 29.7 Å². The first-order valence-electron chi connectivity index (χ1n) is 5.43. The van der Waals surface area contributed by atoms with Gasteiger partial charge in [-0.2, -0.15) is 0 Å². The summed E-state index contributed by atoms with van der Waals surface area (Å²) in [7, 11) is 0. The maximum absolute atomic E-state index is 3.19. The summed E-state index contributed by atoms with van der Waals surface area (Å²) >= 11 is 0. The minimum absolute atomic E-state index is 0.982. The molecule has 1 radical (unpaired) electrons. The van der Waals surface area contributed by atoms with Crippen molar-refractivity contribution in [2.45, 2.75) is 6.42 Å². The predicted octanol–water partition coefficient (Wildman–Crippen LogP) is 3.56. The zero-order valence-corrected chi connectivity index (χ0v) is 8.90. The lowest BCUT2D eigenvalue weighted by Crippen LogP contribution is -1.86. The number of nitrogens with one attached hydrogen (secondary N) is 1. The molecule has 3 rings (SSSR count). The van der Waals surface area contributed by atoms with E-state index in [1.54, 1.807) is 0 Å². The molecule has 0 atom stereocenters. The summed E-state index contributed by atoms with van der Waals surface area (Å²) in [6.07, 6.45) is 2.84. The first-order valence-corrected chi connectivity index (χ1v) is 5.43.